The van der Waals surface area contributed by atoms with Crippen LogP contribution < -0.4 is 5.32 Å². The highest BCUT2D eigenvalue weighted by atomic mass is 16.5. The summed E-state index contributed by atoms with van der Waals surface area (Å²) in [5.41, 5.74) is 0. The smallest absolute Gasteiger partial charge is 0.324 e. The summed E-state index contributed by atoms with van der Waals surface area (Å²) >= 11 is 0. The van der Waals surface area contributed by atoms with E-state index in [1.807, 2.05) is 14.0 Å². The third-order valence-corrected chi connectivity index (χ3v) is 2.91. The van der Waals surface area contributed by atoms with Crippen molar-refractivity contribution in [1.82, 2.24) is 10.2 Å². The van der Waals surface area contributed by atoms with Gasteiger partial charge in [0.2, 0.25) is 0 Å². The maximum absolute atomic E-state index is 11.6. The first-order valence-electron chi connectivity index (χ1n) is 6.30. The van der Waals surface area contributed by atoms with Crippen molar-refractivity contribution >= 4 is 5.97 Å². The number of carbonyl (C=O) groups excluding carboxylic acids is 1. The highest BCUT2D eigenvalue weighted by molar-refractivity contribution is 5.76. The van der Waals surface area contributed by atoms with Crippen LogP contribution in [0.2, 0.25) is 0 Å². The number of likely N-dealkylation sites (N-methyl/N-ethyl adjacent to an activating group) is 1. The van der Waals surface area contributed by atoms with Crippen LogP contribution >= 0.6 is 0 Å². The van der Waals surface area contributed by atoms with Gasteiger partial charge in [0, 0.05) is 12.6 Å². The van der Waals surface area contributed by atoms with E-state index in [0.29, 0.717) is 12.6 Å². The number of hydrogen-bond donors (Lipinski definition) is 1. The summed E-state index contributed by atoms with van der Waals surface area (Å²) in [5.74, 6) is -0.133. The summed E-state index contributed by atoms with van der Waals surface area (Å²) in [4.78, 5) is 14.0. The van der Waals surface area contributed by atoms with Crippen LogP contribution in [0.4, 0.5) is 0 Å². The number of nitrogens with zero attached hydrogens (tertiary/aromatic N) is 1. The number of hydrogen-bond acceptors (Lipinski definition) is 4. The molecule has 0 aromatic carbocycles. The lowest BCUT2D eigenvalue weighted by Crippen LogP contribution is -2.46. The van der Waals surface area contributed by atoms with Crippen LogP contribution in [0, 0.1) is 0 Å². The summed E-state index contributed by atoms with van der Waals surface area (Å²) in [7, 11) is 1.82. The van der Waals surface area contributed by atoms with Gasteiger partial charge >= 0.3 is 5.97 Å². The van der Waals surface area contributed by atoms with Crippen LogP contribution in [0.25, 0.3) is 0 Å². The van der Waals surface area contributed by atoms with Crippen molar-refractivity contribution in [1.29, 1.82) is 0 Å². The second kappa shape index (κ2) is 6.86. The predicted molar refractivity (Wildman–Crippen MR) is 64.4 cm³/mol. The lowest BCUT2D eigenvalue weighted by molar-refractivity contribution is -0.146. The molecule has 1 fully saturated rings. The predicted octanol–water partition coefficient (Wildman–Crippen LogP) is 1.01. The molecule has 1 aliphatic rings. The van der Waals surface area contributed by atoms with Gasteiger partial charge in [-0.1, -0.05) is 6.92 Å². The Bertz CT molecular complexity index is 217. The Kier molecular flexibility index (Phi) is 5.77. The van der Waals surface area contributed by atoms with Gasteiger partial charge in [-0.3, -0.25) is 9.69 Å². The molecule has 0 bridgehead atoms. The third-order valence-electron chi connectivity index (χ3n) is 2.91. The zero-order valence-electron chi connectivity index (χ0n) is 10.7. The minimum Gasteiger partial charge on any atom is -0.465 e. The van der Waals surface area contributed by atoms with Gasteiger partial charge in [0.15, 0.2) is 0 Å². The Labute approximate surface area is 98.3 Å². The standard InChI is InChI=1S/C12H24N2O2/c1-4-8-14(10-6-7-10)9-11(13-3)12(15)16-5-2/h10-11,13H,4-9H2,1-3H3. The molecule has 1 aliphatic carbocycles. The fourth-order valence-corrected chi connectivity index (χ4v) is 1.91. The van der Waals surface area contributed by atoms with Crippen LogP contribution in [0.1, 0.15) is 33.1 Å². The largest absolute Gasteiger partial charge is 0.465 e. The minimum absolute atomic E-state index is 0.133. The van der Waals surface area contributed by atoms with Crippen molar-refractivity contribution in [2.24, 2.45) is 0 Å². The summed E-state index contributed by atoms with van der Waals surface area (Å²) in [6.45, 7) is 6.31. The van der Waals surface area contributed by atoms with Gasteiger partial charge in [-0.25, -0.2) is 0 Å². The van der Waals surface area contributed by atoms with E-state index in [9.17, 15) is 4.79 Å². The molecule has 0 aliphatic heterocycles. The maximum Gasteiger partial charge on any atom is 0.324 e. The lowest BCUT2D eigenvalue weighted by atomic mass is 10.2. The van der Waals surface area contributed by atoms with E-state index in [2.05, 4.69) is 17.1 Å². The fourth-order valence-electron chi connectivity index (χ4n) is 1.91. The first-order chi connectivity index (χ1) is 7.72. The first-order valence-corrected chi connectivity index (χ1v) is 6.30. The van der Waals surface area contributed by atoms with Crippen LogP contribution in [-0.4, -0.2) is 49.7 Å². The van der Waals surface area contributed by atoms with E-state index in [1.54, 1.807) is 0 Å². The van der Waals surface area contributed by atoms with Gasteiger partial charge in [-0.05, 0) is 39.8 Å². The Morgan fingerprint density at radius 1 is 1.50 bits per heavy atom. The monoisotopic (exact) mass is 228 g/mol. The van der Waals surface area contributed by atoms with Crippen LogP contribution in [0.3, 0.4) is 0 Å². The summed E-state index contributed by atoms with van der Waals surface area (Å²) in [5, 5.41) is 3.04. The molecule has 16 heavy (non-hydrogen) atoms. The van der Waals surface area contributed by atoms with Crippen molar-refractivity contribution in [3.05, 3.63) is 0 Å². The van der Waals surface area contributed by atoms with E-state index in [1.165, 1.54) is 12.8 Å². The van der Waals surface area contributed by atoms with Gasteiger partial charge in [-0.2, -0.15) is 0 Å². The fraction of sp³-hybridized carbons (Fsp3) is 0.917. The highest BCUT2D eigenvalue weighted by Gasteiger charge is 2.31. The molecule has 1 saturated carbocycles. The van der Waals surface area contributed by atoms with E-state index < -0.39 is 0 Å². The van der Waals surface area contributed by atoms with E-state index in [-0.39, 0.29) is 12.0 Å². The normalized spacial score (nSPS) is 17.5. The molecule has 0 heterocycles. The SMILES string of the molecule is CCCN(CC(NC)C(=O)OCC)C1CC1. The molecule has 1 rings (SSSR count). The van der Waals surface area contributed by atoms with Crippen molar-refractivity contribution in [2.75, 3.05) is 26.7 Å². The molecule has 1 unspecified atom stereocenters. The molecule has 4 nitrogen and oxygen atoms in total. The molecule has 0 amide bonds. The van der Waals surface area contributed by atoms with E-state index in [0.717, 1.165) is 19.5 Å². The van der Waals surface area contributed by atoms with Gasteiger partial charge in [0.05, 0.1) is 6.61 Å². The molecular formula is C12H24N2O2. The average Bonchev–Trinajstić information content (AvgIpc) is 3.08. The summed E-state index contributed by atoms with van der Waals surface area (Å²) in [6.07, 6.45) is 3.69. The molecule has 0 radical (unpaired) electrons. The molecule has 1 atom stereocenters. The second-order valence-electron chi connectivity index (χ2n) is 4.32. The molecule has 0 spiro atoms. The molecule has 4 heteroatoms. The Hall–Kier alpha value is -0.610. The first kappa shape index (κ1) is 13.5. The van der Waals surface area contributed by atoms with Crippen molar-refractivity contribution in [3.8, 4) is 0 Å². The van der Waals surface area contributed by atoms with Crippen molar-refractivity contribution in [2.45, 2.75) is 45.2 Å². The van der Waals surface area contributed by atoms with Crippen molar-refractivity contribution in [3.63, 3.8) is 0 Å². The second-order valence-corrected chi connectivity index (χ2v) is 4.32. The zero-order chi connectivity index (χ0) is 12.0. The molecule has 1 N–H and O–H groups in total. The van der Waals surface area contributed by atoms with Gasteiger partial charge in [0.1, 0.15) is 6.04 Å². The third kappa shape index (κ3) is 4.10. The van der Waals surface area contributed by atoms with E-state index >= 15 is 0 Å². The number of esters is 1. The maximum atomic E-state index is 11.6. The van der Waals surface area contributed by atoms with Crippen LogP contribution in [0.5, 0.6) is 0 Å². The van der Waals surface area contributed by atoms with Gasteiger partial charge in [0.25, 0.3) is 0 Å². The quantitative estimate of drug-likeness (QED) is 0.630. The number of ether oxygens (including phenoxy) is 1. The highest BCUT2D eigenvalue weighted by Crippen LogP contribution is 2.26. The van der Waals surface area contributed by atoms with E-state index in [4.69, 9.17) is 4.74 Å². The summed E-state index contributed by atoms with van der Waals surface area (Å²) in [6, 6.07) is 0.511. The molecule has 0 aromatic rings. The average molecular weight is 228 g/mol. The minimum atomic E-state index is -0.188. The summed E-state index contributed by atoms with van der Waals surface area (Å²) < 4.78 is 5.05. The Balaban J connectivity index is 2.42. The van der Waals surface area contributed by atoms with Crippen LogP contribution in [-0.2, 0) is 9.53 Å². The van der Waals surface area contributed by atoms with Crippen molar-refractivity contribution < 1.29 is 9.53 Å². The molecule has 0 aromatic heterocycles. The molecule has 0 saturated heterocycles. The number of rotatable bonds is 8. The molecular weight excluding hydrogens is 204 g/mol. The number of carbonyl (C=O) groups is 1. The van der Waals surface area contributed by atoms with Crippen LogP contribution in [0.15, 0.2) is 0 Å². The molecule has 94 valence electrons. The van der Waals surface area contributed by atoms with Gasteiger partial charge in [-0.15, -0.1) is 0 Å². The topological polar surface area (TPSA) is 41.6 Å². The number of nitrogens with one attached hydrogen (secondary N) is 1. The lowest BCUT2D eigenvalue weighted by Gasteiger charge is -2.25. The zero-order valence-corrected chi connectivity index (χ0v) is 10.7. The van der Waals surface area contributed by atoms with Gasteiger partial charge < -0.3 is 10.1 Å². The Morgan fingerprint density at radius 3 is 2.62 bits per heavy atom. The Morgan fingerprint density at radius 2 is 2.19 bits per heavy atom.